The Balaban J connectivity index is 2.20. The number of hydrogen-bond acceptors (Lipinski definition) is 5. The predicted octanol–water partition coefficient (Wildman–Crippen LogP) is 0.0408. The summed E-state index contributed by atoms with van der Waals surface area (Å²) in [5.41, 5.74) is 0. The standard InChI is InChI=1S/C9H13NO4S2/c1-3(11)4-6(12)10-5(8(13)14)9(15-2)16-7(4)10/h3-5,7,9,11H,1-2H3,(H,13,14)/t3?,4-,5?,7+,9?/m0/s1. The number of aliphatic carboxylic acids is 1. The fraction of sp³-hybridized carbons (Fsp3) is 0.778. The van der Waals surface area contributed by atoms with Crippen LogP contribution in [0.3, 0.4) is 0 Å². The Kier molecular flexibility index (Phi) is 3.11. The molecule has 2 heterocycles. The van der Waals surface area contributed by atoms with Crippen LogP contribution < -0.4 is 0 Å². The minimum Gasteiger partial charge on any atom is -0.480 e. The maximum atomic E-state index is 11.7. The highest BCUT2D eigenvalue weighted by Crippen LogP contribution is 2.51. The van der Waals surface area contributed by atoms with Gasteiger partial charge in [-0.25, -0.2) is 4.79 Å². The Labute approximate surface area is 102 Å². The first-order valence-electron chi connectivity index (χ1n) is 4.90. The van der Waals surface area contributed by atoms with Gasteiger partial charge in [-0.2, -0.15) is 0 Å². The van der Waals surface area contributed by atoms with Crippen molar-refractivity contribution in [2.24, 2.45) is 5.92 Å². The van der Waals surface area contributed by atoms with Crippen molar-refractivity contribution in [1.82, 2.24) is 4.90 Å². The number of hydrogen-bond donors (Lipinski definition) is 2. The highest BCUT2D eigenvalue weighted by atomic mass is 32.2. The number of nitrogens with zero attached hydrogens (tertiary/aromatic N) is 1. The number of carboxylic acids is 1. The molecule has 0 spiro atoms. The molecular weight excluding hydrogens is 250 g/mol. The minimum absolute atomic E-state index is 0.143. The number of aliphatic hydroxyl groups is 1. The van der Waals surface area contributed by atoms with Crippen LogP contribution in [0.2, 0.25) is 0 Å². The average molecular weight is 263 g/mol. The Morgan fingerprint density at radius 1 is 1.62 bits per heavy atom. The molecule has 2 saturated heterocycles. The second kappa shape index (κ2) is 4.12. The molecule has 1 amide bonds. The molecule has 90 valence electrons. The molecule has 5 atom stereocenters. The van der Waals surface area contributed by atoms with Gasteiger partial charge in [0, 0.05) is 0 Å². The SMILES string of the molecule is CSC1S[C@@H]2[C@@H](C(C)O)C(=O)N2C1C(=O)O. The van der Waals surface area contributed by atoms with Gasteiger partial charge in [-0.15, -0.1) is 23.5 Å². The molecule has 2 fully saturated rings. The zero-order chi connectivity index (χ0) is 12.0. The molecule has 0 bridgehead atoms. The van der Waals surface area contributed by atoms with E-state index in [0.717, 1.165) is 0 Å². The van der Waals surface area contributed by atoms with Gasteiger partial charge in [0.1, 0.15) is 0 Å². The maximum Gasteiger partial charge on any atom is 0.328 e. The highest BCUT2D eigenvalue weighted by molar-refractivity contribution is 8.17. The molecular formula is C9H13NO4S2. The summed E-state index contributed by atoms with van der Waals surface area (Å²) in [6.07, 6.45) is 1.12. The third kappa shape index (κ3) is 1.53. The van der Waals surface area contributed by atoms with Crippen LogP contribution in [0.15, 0.2) is 0 Å². The number of rotatable bonds is 3. The summed E-state index contributed by atoms with van der Waals surface area (Å²) in [6, 6.07) is -0.757. The van der Waals surface area contributed by atoms with E-state index in [-0.39, 0.29) is 15.9 Å². The Hall–Kier alpha value is -0.400. The molecule has 3 unspecified atom stereocenters. The van der Waals surface area contributed by atoms with Gasteiger partial charge in [0.2, 0.25) is 5.91 Å². The Morgan fingerprint density at radius 2 is 2.25 bits per heavy atom. The van der Waals surface area contributed by atoms with E-state index in [0.29, 0.717) is 0 Å². The van der Waals surface area contributed by atoms with Gasteiger partial charge in [-0.05, 0) is 13.2 Å². The number of aliphatic hydroxyl groups excluding tert-OH is 1. The normalized spacial score (nSPS) is 39.2. The predicted molar refractivity (Wildman–Crippen MR) is 62.1 cm³/mol. The van der Waals surface area contributed by atoms with Crippen LogP contribution in [-0.4, -0.2) is 55.3 Å². The van der Waals surface area contributed by atoms with Crippen LogP contribution in [0.5, 0.6) is 0 Å². The molecule has 7 heteroatoms. The number of carboxylic acid groups (broad SMARTS) is 1. The van der Waals surface area contributed by atoms with E-state index in [1.165, 1.54) is 28.4 Å². The fourth-order valence-corrected chi connectivity index (χ4v) is 5.01. The fourth-order valence-electron chi connectivity index (χ4n) is 2.16. The molecule has 0 radical (unpaired) electrons. The number of thioether (sulfide) groups is 2. The Morgan fingerprint density at radius 3 is 2.69 bits per heavy atom. The van der Waals surface area contributed by atoms with Gasteiger partial charge in [-0.1, -0.05) is 0 Å². The summed E-state index contributed by atoms with van der Waals surface area (Å²) in [7, 11) is 0. The zero-order valence-electron chi connectivity index (χ0n) is 8.86. The van der Waals surface area contributed by atoms with Crippen molar-refractivity contribution < 1.29 is 19.8 Å². The van der Waals surface area contributed by atoms with E-state index < -0.39 is 24.0 Å². The highest BCUT2D eigenvalue weighted by Gasteiger charge is 2.61. The van der Waals surface area contributed by atoms with E-state index in [1.54, 1.807) is 6.92 Å². The molecule has 2 N–H and O–H groups in total. The van der Waals surface area contributed by atoms with Crippen LogP contribution in [0.1, 0.15) is 6.92 Å². The molecule has 5 nitrogen and oxygen atoms in total. The van der Waals surface area contributed by atoms with Crippen molar-refractivity contribution in [3.8, 4) is 0 Å². The third-order valence-corrected chi connectivity index (χ3v) is 5.92. The largest absolute Gasteiger partial charge is 0.480 e. The van der Waals surface area contributed by atoms with E-state index in [9.17, 15) is 14.7 Å². The van der Waals surface area contributed by atoms with E-state index in [4.69, 9.17) is 5.11 Å². The van der Waals surface area contributed by atoms with Crippen molar-refractivity contribution in [1.29, 1.82) is 0 Å². The first-order valence-corrected chi connectivity index (χ1v) is 7.13. The smallest absolute Gasteiger partial charge is 0.328 e. The Bertz CT molecular complexity index is 335. The third-order valence-electron chi connectivity index (χ3n) is 2.96. The molecule has 2 aliphatic heterocycles. The van der Waals surface area contributed by atoms with Crippen LogP contribution >= 0.6 is 23.5 Å². The molecule has 0 aromatic carbocycles. The van der Waals surface area contributed by atoms with Crippen molar-refractivity contribution in [3.05, 3.63) is 0 Å². The quantitative estimate of drug-likeness (QED) is 0.700. The lowest BCUT2D eigenvalue weighted by atomic mass is 9.91. The van der Waals surface area contributed by atoms with Crippen molar-refractivity contribution in [2.45, 2.75) is 29.0 Å². The van der Waals surface area contributed by atoms with Crippen molar-refractivity contribution in [2.75, 3.05) is 6.26 Å². The molecule has 2 aliphatic rings. The first kappa shape index (κ1) is 12.1. The minimum atomic E-state index is -0.966. The van der Waals surface area contributed by atoms with Crippen LogP contribution in [0, 0.1) is 5.92 Å². The van der Waals surface area contributed by atoms with Gasteiger partial charge in [0.05, 0.1) is 22.0 Å². The first-order chi connectivity index (χ1) is 7.49. The molecule has 0 aliphatic carbocycles. The van der Waals surface area contributed by atoms with Gasteiger partial charge in [-0.3, -0.25) is 4.79 Å². The van der Waals surface area contributed by atoms with Gasteiger partial charge in [0.15, 0.2) is 6.04 Å². The number of fused-ring (bicyclic) bond motifs is 1. The van der Waals surface area contributed by atoms with E-state index >= 15 is 0 Å². The van der Waals surface area contributed by atoms with Gasteiger partial charge < -0.3 is 15.1 Å². The molecule has 2 rings (SSSR count). The van der Waals surface area contributed by atoms with Crippen LogP contribution in [-0.2, 0) is 9.59 Å². The number of amides is 1. The summed E-state index contributed by atoms with van der Waals surface area (Å²) in [6.45, 7) is 1.57. The van der Waals surface area contributed by atoms with Crippen LogP contribution in [0.4, 0.5) is 0 Å². The summed E-state index contributed by atoms with van der Waals surface area (Å²) < 4.78 is -0.143. The lowest BCUT2D eigenvalue weighted by molar-refractivity contribution is -0.166. The maximum absolute atomic E-state index is 11.7. The van der Waals surface area contributed by atoms with Crippen molar-refractivity contribution >= 4 is 35.4 Å². The molecule has 0 aromatic heterocycles. The number of carbonyl (C=O) groups is 2. The monoisotopic (exact) mass is 263 g/mol. The molecule has 16 heavy (non-hydrogen) atoms. The number of β-lactam (4-membered cyclic amide) rings is 1. The second-order valence-corrected chi connectivity index (χ2v) is 6.47. The van der Waals surface area contributed by atoms with Gasteiger partial charge >= 0.3 is 5.97 Å². The van der Waals surface area contributed by atoms with Gasteiger partial charge in [0.25, 0.3) is 0 Å². The van der Waals surface area contributed by atoms with E-state index in [2.05, 4.69) is 0 Å². The van der Waals surface area contributed by atoms with Crippen molar-refractivity contribution in [3.63, 3.8) is 0 Å². The lowest BCUT2D eigenvalue weighted by Gasteiger charge is -2.44. The molecule has 0 saturated carbocycles. The summed E-state index contributed by atoms with van der Waals surface area (Å²) in [4.78, 5) is 24.2. The van der Waals surface area contributed by atoms with E-state index in [1.807, 2.05) is 6.26 Å². The zero-order valence-corrected chi connectivity index (χ0v) is 10.5. The summed E-state index contributed by atoms with van der Waals surface area (Å²) in [5, 5.41) is 18.4. The second-order valence-electron chi connectivity index (χ2n) is 3.93. The summed E-state index contributed by atoms with van der Waals surface area (Å²) in [5.74, 6) is -1.65. The van der Waals surface area contributed by atoms with Crippen LogP contribution in [0.25, 0.3) is 0 Å². The lowest BCUT2D eigenvalue weighted by Crippen LogP contribution is -2.64. The number of carbonyl (C=O) groups excluding carboxylic acids is 1. The average Bonchev–Trinajstić information content (AvgIpc) is 2.51. The summed E-state index contributed by atoms with van der Waals surface area (Å²) >= 11 is 2.90. The topological polar surface area (TPSA) is 77.8 Å². The molecule has 0 aromatic rings.